The molecule has 1 aliphatic carbocycles. The van der Waals surface area contributed by atoms with Crippen LogP contribution in [-0.4, -0.2) is 32.5 Å². The molecule has 1 fully saturated rings. The summed E-state index contributed by atoms with van der Waals surface area (Å²) in [7, 11) is 0. The largest absolute Gasteiger partial charge is 0.411 e. The van der Waals surface area contributed by atoms with E-state index >= 15 is 0 Å². The van der Waals surface area contributed by atoms with Crippen molar-refractivity contribution in [3.8, 4) is 0 Å². The van der Waals surface area contributed by atoms with Crippen molar-refractivity contribution in [2.45, 2.75) is 32.4 Å². The molecule has 0 aromatic rings. The fourth-order valence-corrected chi connectivity index (χ4v) is 2.15. The van der Waals surface area contributed by atoms with Crippen molar-refractivity contribution in [1.29, 1.82) is 0 Å². The van der Waals surface area contributed by atoms with Gasteiger partial charge in [0.25, 0.3) is 0 Å². The van der Waals surface area contributed by atoms with Gasteiger partial charge in [-0.05, 0) is 31.2 Å². The number of halogens is 3. The van der Waals surface area contributed by atoms with E-state index < -0.39 is 12.8 Å². The van der Waals surface area contributed by atoms with E-state index in [1.165, 1.54) is 19.3 Å². The topological polar surface area (TPSA) is 21.3 Å². The number of alkyl halides is 3. The number of hydrogen-bond donors (Lipinski definition) is 1. The van der Waals surface area contributed by atoms with Crippen molar-refractivity contribution < 1.29 is 17.9 Å². The van der Waals surface area contributed by atoms with Crippen LogP contribution in [-0.2, 0) is 4.74 Å². The minimum Gasteiger partial charge on any atom is -0.371 e. The quantitative estimate of drug-likeness (QED) is 0.719. The minimum atomic E-state index is -4.21. The zero-order chi connectivity index (χ0) is 12.0. The number of ether oxygens (including phenoxy) is 1. The van der Waals surface area contributed by atoms with Crippen molar-refractivity contribution >= 4 is 0 Å². The normalized spacial score (nSPS) is 26.2. The molecule has 0 amide bonds. The predicted molar refractivity (Wildman–Crippen MR) is 56.2 cm³/mol. The molecule has 2 atom stereocenters. The number of rotatable bonds is 6. The highest BCUT2D eigenvalue weighted by atomic mass is 19.4. The highest BCUT2D eigenvalue weighted by Crippen LogP contribution is 2.29. The van der Waals surface area contributed by atoms with E-state index in [1.807, 2.05) is 0 Å². The summed E-state index contributed by atoms with van der Waals surface area (Å²) < 4.78 is 39.6. The summed E-state index contributed by atoms with van der Waals surface area (Å²) in [5.41, 5.74) is 0. The average Bonchev–Trinajstić information content (AvgIpc) is 2.56. The van der Waals surface area contributed by atoms with Gasteiger partial charge in [-0.15, -0.1) is 0 Å². The molecule has 0 radical (unpaired) electrons. The molecule has 2 nitrogen and oxygen atoms in total. The number of hydrogen-bond acceptors (Lipinski definition) is 2. The summed E-state index contributed by atoms with van der Waals surface area (Å²) in [6.07, 6.45) is -0.466. The van der Waals surface area contributed by atoms with Crippen molar-refractivity contribution in [3.63, 3.8) is 0 Å². The molecule has 0 aromatic heterocycles. The van der Waals surface area contributed by atoms with Crippen LogP contribution in [0.2, 0.25) is 0 Å². The average molecular weight is 239 g/mol. The van der Waals surface area contributed by atoms with Gasteiger partial charge in [-0.3, -0.25) is 0 Å². The molecule has 1 aliphatic rings. The lowest BCUT2D eigenvalue weighted by Gasteiger charge is -2.11. The maximum absolute atomic E-state index is 11.7. The van der Waals surface area contributed by atoms with Gasteiger partial charge in [0.2, 0.25) is 0 Å². The van der Waals surface area contributed by atoms with Gasteiger partial charge in [0.15, 0.2) is 0 Å². The summed E-state index contributed by atoms with van der Waals surface area (Å²) in [5, 5.41) is 3.14. The maximum atomic E-state index is 11.7. The van der Waals surface area contributed by atoms with Crippen LogP contribution in [0.15, 0.2) is 0 Å². The molecule has 0 saturated heterocycles. The molecule has 5 heteroatoms. The molecule has 0 spiro atoms. The van der Waals surface area contributed by atoms with Crippen LogP contribution in [0, 0.1) is 11.8 Å². The summed E-state index contributed by atoms with van der Waals surface area (Å²) in [6.45, 7) is 2.63. The molecule has 16 heavy (non-hydrogen) atoms. The van der Waals surface area contributed by atoms with Gasteiger partial charge in [0, 0.05) is 6.54 Å². The Balaban J connectivity index is 1.89. The Morgan fingerprint density at radius 2 is 2.06 bits per heavy atom. The molecule has 0 heterocycles. The van der Waals surface area contributed by atoms with E-state index in [9.17, 15) is 13.2 Å². The first-order valence-electron chi connectivity index (χ1n) is 5.82. The second-order valence-corrected chi connectivity index (χ2v) is 4.66. The van der Waals surface area contributed by atoms with E-state index in [-0.39, 0.29) is 6.61 Å². The molecule has 96 valence electrons. The fourth-order valence-electron chi connectivity index (χ4n) is 2.15. The monoisotopic (exact) mass is 239 g/mol. The summed E-state index contributed by atoms with van der Waals surface area (Å²) >= 11 is 0. The zero-order valence-electron chi connectivity index (χ0n) is 9.65. The van der Waals surface area contributed by atoms with Crippen LogP contribution < -0.4 is 5.32 Å². The van der Waals surface area contributed by atoms with E-state index in [0.717, 1.165) is 12.5 Å². The molecule has 1 N–H and O–H groups in total. The van der Waals surface area contributed by atoms with Crippen molar-refractivity contribution in [2.24, 2.45) is 11.8 Å². The van der Waals surface area contributed by atoms with Crippen LogP contribution in [0.3, 0.4) is 0 Å². The van der Waals surface area contributed by atoms with Gasteiger partial charge in [0.05, 0.1) is 6.61 Å². The van der Waals surface area contributed by atoms with Crippen molar-refractivity contribution in [2.75, 3.05) is 26.3 Å². The third-order valence-electron chi connectivity index (χ3n) is 2.93. The second kappa shape index (κ2) is 6.45. The molecular formula is C11H20F3NO. The lowest BCUT2D eigenvalue weighted by Crippen LogP contribution is -2.27. The van der Waals surface area contributed by atoms with Gasteiger partial charge >= 0.3 is 6.18 Å². The standard InChI is InChI=1S/C11H20F3NO/c1-9-2-3-10(6-9)7-15-4-5-16-8-11(12,13)14/h9-10,15H,2-8H2,1H3. The van der Waals surface area contributed by atoms with E-state index in [0.29, 0.717) is 12.5 Å². The Morgan fingerprint density at radius 1 is 1.31 bits per heavy atom. The highest BCUT2D eigenvalue weighted by Gasteiger charge is 2.27. The molecule has 0 bridgehead atoms. The predicted octanol–water partition coefficient (Wildman–Crippen LogP) is 2.59. The molecule has 1 saturated carbocycles. The van der Waals surface area contributed by atoms with Crippen LogP contribution in [0.1, 0.15) is 26.2 Å². The van der Waals surface area contributed by atoms with Gasteiger partial charge in [0.1, 0.15) is 6.61 Å². The zero-order valence-corrected chi connectivity index (χ0v) is 9.65. The Morgan fingerprint density at radius 3 is 2.62 bits per heavy atom. The Hall–Kier alpha value is -0.290. The molecule has 0 aromatic carbocycles. The summed E-state index contributed by atoms with van der Waals surface area (Å²) in [5.74, 6) is 1.49. The van der Waals surface area contributed by atoms with Gasteiger partial charge in [-0.2, -0.15) is 13.2 Å². The molecule has 2 unspecified atom stereocenters. The second-order valence-electron chi connectivity index (χ2n) is 4.66. The van der Waals surface area contributed by atoms with Gasteiger partial charge < -0.3 is 10.1 Å². The smallest absolute Gasteiger partial charge is 0.371 e. The van der Waals surface area contributed by atoms with Crippen LogP contribution in [0.5, 0.6) is 0 Å². The van der Waals surface area contributed by atoms with Gasteiger partial charge in [-0.1, -0.05) is 13.3 Å². The summed E-state index contributed by atoms with van der Waals surface area (Å²) in [6, 6.07) is 0. The Kier molecular flexibility index (Phi) is 5.55. The lowest BCUT2D eigenvalue weighted by molar-refractivity contribution is -0.173. The minimum absolute atomic E-state index is 0.127. The third-order valence-corrected chi connectivity index (χ3v) is 2.93. The van der Waals surface area contributed by atoms with Crippen LogP contribution in [0.4, 0.5) is 13.2 Å². The van der Waals surface area contributed by atoms with Crippen molar-refractivity contribution in [1.82, 2.24) is 5.32 Å². The lowest BCUT2D eigenvalue weighted by atomic mass is 10.1. The van der Waals surface area contributed by atoms with E-state index in [2.05, 4.69) is 17.0 Å². The Labute approximate surface area is 94.5 Å². The third kappa shape index (κ3) is 6.33. The first-order chi connectivity index (χ1) is 7.47. The summed E-state index contributed by atoms with van der Waals surface area (Å²) in [4.78, 5) is 0. The van der Waals surface area contributed by atoms with Crippen LogP contribution >= 0.6 is 0 Å². The maximum Gasteiger partial charge on any atom is 0.411 e. The van der Waals surface area contributed by atoms with Crippen molar-refractivity contribution in [3.05, 3.63) is 0 Å². The van der Waals surface area contributed by atoms with Gasteiger partial charge in [-0.25, -0.2) is 0 Å². The first kappa shape index (κ1) is 13.8. The molecule has 1 rings (SSSR count). The molecular weight excluding hydrogens is 219 g/mol. The highest BCUT2D eigenvalue weighted by molar-refractivity contribution is 4.74. The first-order valence-corrected chi connectivity index (χ1v) is 5.82. The fraction of sp³-hybridized carbons (Fsp3) is 1.00. The molecule has 0 aliphatic heterocycles. The number of nitrogens with one attached hydrogen (secondary N) is 1. The van der Waals surface area contributed by atoms with E-state index in [4.69, 9.17) is 0 Å². The van der Waals surface area contributed by atoms with E-state index in [1.54, 1.807) is 0 Å². The Bertz CT molecular complexity index is 196. The van der Waals surface area contributed by atoms with Crippen LogP contribution in [0.25, 0.3) is 0 Å². The SMILES string of the molecule is CC1CCC(CNCCOCC(F)(F)F)C1.